The third kappa shape index (κ3) is 2.95. The van der Waals surface area contributed by atoms with E-state index in [4.69, 9.17) is 0 Å². The van der Waals surface area contributed by atoms with Crippen molar-refractivity contribution in [3.63, 3.8) is 0 Å². The summed E-state index contributed by atoms with van der Waals surface area (Å²) in [5, 5.41) is 11.5. The SMILES string of the molecule is CCNC(CC)c1nnn(-c2cccc(F)c2F)c1CC. The topological polar surface area (TPSA) is 42.7 Å². The Labute approximate surface area is 123 Å². The number of hydrogen-bond donors (Lipinski definition) is 1. The minimum atomic E-state index is -0.903. The van der Waals surface area contributed by atoms with Crippen LogP contribution >= 0.6 is 0 Å². The van der Waals surface area contributed by atoms with Gasteiger partial charge in [-0.2, -0.15) is 0 Å². The largest absolute Gasteiger partial charge is 0.309 e. The van der Waals surface area contributed by atoms with Crippen LogP contribution in [0.15, 0.2) is 18.2 Å². The van der Waals surface area contributed by atoms with E-state index >= 15 is 0 Å². The predicted octanol–water partition coefficient (Wildman–Crippen LogP) is 3.17. The highest BCUT2D eigenvalue weighted by molar-refractivity contribution is 5.36. The maximum absolute atomic E-state index is 14.0. The third-order valence-corrected chi connectivity index (χ3v) is 3.48. The monoisotopic (exact) mass is 294 g/mol. The van der Waals surface area contributed by atoms with Crippen LogP contribution in [0.25, 0.3) is 5.69 Å². The Morgan fingerprint density at radius 3 is 2.62 bits per heavy atom. The summed E-state index contributed by atoms with van der Waals surface area (Å²) >= 11 is 0. The van der Waals surface area contributed by atoms with Gasteiger partial charge in [0.25, 0.3) is 0 Å². The predicted molar refractivity (Wildman–Crippen MR) is 77.4 cm³/mol. The van der Waals surface area contributed by atoms with Crippen molar-refractivity contribution < 1.29 is 8.78 Å². The summed E-state index contributed by atoms with van der Waals surface area (Å²) < 4.78 is 28.8. The van der Waals surface area contributed by atoms with Crippen LogP contribution in [0.2, 0.25) is 0 Å². The zero-order valence-corrected chi connectivity index (χ0v) is 12.5. The van der Waals surface area contributed by atoms with E-state index in [-0.39, 0.29) is 11.7 Å². The van der Waals surface area contributed by atoms with Crippen LogP contribution in [0, 0.1) is 11.6 Å². The van der Waals surface area contributed by atoms with Gasteiger partial charge in [0.05, 0.1) is 11.7 Å². The van der Waals surface area contributed by atoms with Gasteiger partial charge in [-0.3, -0.25) is 0 Å². The molecule has 1 atom stereocenters. The van der Waals surface area contributed by atoms with Gasteiger partial charge in [-0.15, -0.1) is 5.10 Å². The Hall–Kier alpha value is -1.82. The Morgan fingerprint density at radius 2 is 2.00 bits per heavy atom. The van der Waals surface area contributed by atoms with Gasteiger partial charge in [-0.05, 0) is 31.5 Å². The molecular formula is C15H20F2N4. The molecular weight excluding hydrogens is 274 g/mol. The first-order valence-corrected chi connectivity index (χ1v) is 7.26. The van der Waals surface area contributed by atoms with E-state index in [2.05, 4.69) is 22.6 Å². The number of halogens is 2. The molecule has 2 aromatic rings. The first kappa shape index (κ1) is 15.6. The Morgan fingerprint density at radius 1 is 1.24 bits per heavy atom. The fourth-order valence-electron chi connectivity index (χ4n) is 2.45. The molecule has 0 aliphatic heterocycles. The Kier molecular flexibility index (Phi) is 5.01. The second-order valence-corrected chi connectivity index (χ2v) is 4.78. The van der Waals surface area contributed by atoms with Gasteiger partial charge in [0.15, 0.2) is 11.6 Å². The van der Waals surface area contributed by atoms with Crippen LogP contribution < -0.4 is 5.32 Å². The van der Waals surface area contributed by atoms with Gasteiger partial charge < -0.3 is 5.32 Å². The van der Waals surface area contributed by atoms with Crippen molar-refractivity contribution in [2.45, 2.75) is 39.7 Å². The summed E-state index contributed by atoms with van der Waals surface area (Å²) in [5.74, 6) is -1.79. The number of hydrogen-bond acceptors (Lipinski definition) is 3. The summed E-state index contributed by atoms with van der Waals surface area (Å²) in [5.41, 5.74) is 1.69. The number of rotatable bonds is 6. The van der Waals surface area contributed by atoms with Crippen molar-refractivity contribution in [1.82, 2.24) is 20.3 Å². The maximum Gasteiger partial charge on any atom is 0.184 e. The van der Waals surface area contributed by atoms with E-state index < -0.39 is 11.6 Å². The molecule has 6 heteroatoms. The van der Waals surface area contributed by atoms with Crippen LogP contribution in [0.1, 0.15) is 44.6 Å². The van der Waals surface area contributed by atoms with Crippen molar-refractivity contribution in [2.75, 3.05) is 6.54 Å². The van der Waals surface area contributed by atoms with E-state index in [0.717, 1.165) is 30.4 Å². The quantitative estimate of drug-likeness (QED) is 0.890. The molecule has 21 heavy (non-hydrogen) atoms. The second kappa shape index (κ2) is 6.76. The Balaban J connectivity index is 2.51. The van der Waals surface area contributed by atoms with Crippen molar-refractivity contribution in [3.8, 4) is 5.69 Å². The molecule has 2 rings (SSSR count). The molecule has 4 nitrogen and oxygen atoms in total. The summed E-state index contributed by atoms with van der Waals surface area (Å²) in [4.78, 5) is 0. The standard InChI is InChI=1S/C15H20F2N4/c1-4-11(18-6-3)15-12(5-2)21(20-19-15)13-9-7-8-10(16)14(13)17/h7-9,11,18H,4-6H2,1-3H3. The van der Waals surface area contributed by atoms with E-state index in [1.807, 2.05) is 13.8 Å². The normalized spacial score (nSPS) is 12.6. The molecule has 0 spiro atoms. The van der Waals surface area contributed by atoms with Gasteiger partial charge in [-0.25, -0.2) is 13.5 Å². The summed E-state index contributed by atoms with van der Waals surface area (Å²) in [6, 6.07) is 4.13. The minimum Gasteiger partial charge on any atom is -0.309 e. The smallest absolute Gasteiger partial charge is 0.184 e. The van der Waals surface area contributed by atoms with Crippen LogP contribution in [-0.4, -0.2) is 21.5 Å². The first-order valence-electron chi connectivity index (χ1n) is 7.26. The molecule has 114 valence electrons. The summed E-state index contributed by atoms with van der Waals surface area (Å²) in [6.07, 6.45) is 1.49. The molecule has 0 saturated heterocycles. The van der Waals surface area contributed by atoms with Crippen molar-refractivity contribution in [2.24, 2.45) is 0 Å². The number of nitrogens with zero attached hydrogens (tertiary/aromatic N) is 3. The molecule has 1 heterocycles. The first-order chi connectivity index (χ1) is 10.1. The molecule has 0 aliphatic carbocycles. The van der Waals surface area contributed by atoms with Gasteiger partial charge in [0.2, 0.25) is 0 Å². The van der Waals surface area contributed by atoms with E-state index in [1.54, 1.807) is 0 Å². The fourth-order valence-corrected chi connectivity index (χ4v) is 2.45. The average molecular weight is 294 g/mol. The molecule has 1 N–H and O–H groups in total. The zero-order valence-electron chi connectivity index (χ0n) is 12.5. The Bertz CT molecular complexity index is 610. The zero-order chi connectivity index (χ0) is 15.4. The highest BCUT2D eigenvalue weighted by atomic mass is 19.2. The highest BCUT2D eigenvalue weighted by Gasteiger charge is 2.21. The van der Waals surface area contributed by atoms with Crippen molar-refractivity contribution >= 4 is 0 Å². The lowest BCUT2D eigenvalue weighted by Gasteiger charge is -2.15. The molecule has 0 bridgehead atoms. The molecule has 1 unspecified atom stereocenters. The molecule has 0 saturated carbocycles. The van der Waals surface area contributed by atoms with Gasteiger partial charge in [-0.1, -0.05) is 32.1 Å². The van der Waals surface area contributed by atoms with Gasteiger partial charge in [0, 0.05) is 0 Å². The lowest BCUT2D eigenvalue weighted by molar-refractivity contribution is 0.499. The molecule has 1 aromatic carbocycles. The second-order valence-electron chi connectivity index (χ2n) is 4.78. The fraction of sp³-hybridized carbons (Fsp3) is 0.467. The van der Waals surface area contributed by atoms with Gasteiger partial charge >= 0.3 is 0 Å². The molecule has 0 fully saturated rings. The van der Waals surface area contributed by atoms with Crippen molar-refractivity contribution in [1.29, 1.82) is 0 Å². The summed E-state index contributed by atoms with van der Waals surface area (Å²) in [7, 11) is 0. The maximum atomic E-state index is 14.0. The van der Waals surface area contributed by atoms with E-state index in [0.29, 0.717) is 6.42 Å². The van der Waals surface area contributed by atoms with Crippen molar-refractivity contribution in [3.05, 3.63) is 41.2 Å². The molecule has 0 aliphatic rings. The molecule has 1 aromatic heterocycles. The van der Waals surface area contributed by atoms with Gasteiger partial charge in [0.1, 0.15) is 11.4 Å². The molecule has 0 radical (unpaired) electrons. The molecule has 0 amide bonds. The van der Waals surface area contributed by atoms with Crippen LogP contribution in [0.4, 0.5) is 8.78 Å². The third-order valence-electron chi connectivity index (χ3n) is 3.48. The number of benzene rings is 1. The van der Waals surface area contributed by atoms with E-state index in [1.165, 1.54) is 16.8 Å². The average Bonchev–Trinajstić information content (AvgIpc) is 2.91. The number of nitrogens with one attached hydrogen (secondary N) is 1. The number of aromatic nitrogens is 3. The van der Waals surface area contributed by atoms with Crippen LogP contribution in [0.5, 0.6) is 0 Å². The van der Waals surface area contributed by atoms with Crippen LogP contribution in [0.3, 0.4) is 0 Å². The minimum absolute atomic E-state index is 0.0651. The van der Waals surface area contributed by atoms with E-state index in [9.17, 15) is 8.78 Å². The highest BCUT2D eigenvalue weighted by Crippen LogP contribution is 2.23. The lowest BCUT2D eigenvalue weighted by Crippen LogP contribution is -2.22. The lowest BCUT2D eigenvalue weighted by atomic mass is 10.1. The van der Waals surface area contributed by atoms with Crippen LogP contribution in [-0.2, 0) is 6.42 Å². The summed E-state index contributed by atoms with van der Waals surface area (Å²) in [6.45, 7) is 6.83.